The van der Waals surface area contributed by atoms with Gasteiger partial charge in [0.1, 0.15) is 6.04 Å². The highest BCUT2D eigenvalue weighted by molar-refractivity contribution is 6.33. The lowest BCUT2D eigenvalue weighted by Crippen LogP contribution is -2.46. The molecule has 4 rings (SSSR count). The molecule has 0 bridgehead atoms. The fourth-order valence-corrected chi connectivity index (χ4v) is 4.17. The molecule has 0 saturated carbocycles. The molecule has 1 saturated heterocycles. The van der Waals surface area contributed by atoms with Gasteiger partial charge < -0.3 is 19.9 Å². The number of hydrogen-bond donors (Lipinski definition) is 2. The minimum atomic E-state index is -0.860. The molecule has 0 radical (unpaired) electrons. The van der Waals surface area contributed by atoms with Gasteiger partial charge >= 0.3 is 5.97 Å². The average Bonchev–Trinajstić information content (AvgIpc) is 3.37. The van der Waals surface area contributed by atoms with Crippen LogP contribution in [0.15, 0.2) is 54.7 Å². The quantitative estimate of drug-likeness (QED) is 0.577. The highest BCUT2D eigenvalue weighted by Crippen LogP contribution is 2.31. The number of anilines is 1. The maximum Gasteiger partial charge on any atom is 0.328 e. The molecular weight excluding hydrogens is 418 g/mol. The van der Waals surface area contributed by atoms with Crippen LogP contribution in [0.3, 0.4) is 0 Å². The van der Waals surface area contributed by atoms with Crippen molar-refractivity contribution < 1.29 is 19.1 Å². The number of carbonyl (C=O) groups excluding carboxylic acids is 3. The van der Waals surface area contributed by atoms with Crippen LogP contribution in [0.5, 0.6) is 0 Å². The van der Waals surface area contributed by atoms with Crippen LogP contribution in [-0.2, 0) is 25.5 Å². The van der Waals surface area contributed by atoms with E-state index in [-0.39, 0.29) is 31.2 Å². The normalized spacial score (nSPS) is 17.0. The minimum absolute atomic E-state index is 0.0536. The van der Waals surface area contributed by atoms with Crippen LogP contribution in [0, 0.1) is 5.92 Å². The third-order valence-corrected chi connectivity index (χ3v) is 5.86. The Hall–Kier alpha value is -3.32. The van der Waals surface area contributed by atoms with E-state index in [1.165, 1.54) is 12.0 Å². The molecule has 3 aromatic rings. The van der Waals surface area contributed by atoms with Crippen molar-refractivity contribution in [3.63, 3.8) is 0 Å². The highest BCUT2D eigenvalue weighted by Gasteiger charge is 2.37. The molecule has 0 spiro atoms. The van der Waals surface area contributed by atoms with Crippen LogP contribution in [0.2, 0.25) is 5.02 Å². The first-order chi connectivity index (χ1) is 15.0. The van der Waals surface area contributed by atoms with Crippen molar-refractivity contribution in [2.75, 3.05) is 18.6 Å². The molecule has 1 fully saturated rings. The fourth-order valence-electron chi connectivity index (χ4n) is 3.93. The number of aromatic amines is 1. The Bertz CT molecular complexity index is 1140. The van der Waals surface area contributed by atoms with Crippen LogP contribution in [-0.4, -0.2) is 42.5 Å². The summed E-state index contributed by atoms with van der Waals surface area (Å²) in [7, 11) is 1.29. The molecule has 1 aliphatic rings. The molecule has 2 N–H and O–H groups in total. The topological polar surface area (TPSA) is 91.5 Å². The van der Waals surface area contributed by atoms with Crippen LogP contribution >= 0.6 is 11.6 Å². The molecule has 1 aliphatic heterocycles. The van der Waals surface area contributed by atoms with Crippen molar-refractivity contribution in [1.82, 2.24) is 10.3 Å². The fraction of sp³-hybridized carbons (Fsp3) is 0.261. The van der Waals surface area contributed by atoms with Crippen molar-refractivity contribution in [3.8, 4) is 0 Å². The first-order valence-electron chi connectivity index (χ1n) is 9.96. The summed E-state index contributed by atoms with van der Waals surface area (Å²) in [4.78, 5) is 42.5. The van der Waals surface area contributed by atoms with Gasteiger partial charge in [0.2, 0.25) is 11.8 Å². The van der Waals surface area contributed by atoms with Crippen LogP contribution in [0.4, 0.5) is 5.69 Å². The molecule has 1 aromatic heterocycles. The number of halogens is 1. The number of esters is 1. The smallest absolute Gasteiger partial charge is 0.328 e. The molecule has 0 aliphatic carbocycles. The number of methoxy groups -OCH3 is 1. The number of aromatic nitrogens is 1. The van der Waals surface area contributed by atoms with E-state index in [9.17, 15) is 14.4 Å². The predicted octanol–water partition coefficient (Wildman–Crippen LogP) is 3.07. The van der Waals surface area contributed by atoms with E-state index in [1.54, 1.807) is 24.3 Å². The summed E-state index contributed by atoms with van der Waals surface area (Å²) >= 11 is 6.21. The van der Waals surface area contributed by atoms with Crippen molar-refractivity contribution in [3.05, 3.63) is 65.3 Å². The number of ether oxygens (including phenoxy) is 1. The van der Waals surface area contributed by atoms with Gasteiger partial charge in [-0.1, -0.05) is 41.9 Å². The monoisotopic (exact) mass is 439 g/mol. The number of nitrogens with zero attached hydrogens (tertiary/aromatic N) is 1. The lowest BCUT2D eigenvalue weighted by Gasteiger charge is -2.20. The van der Waals surface area contributed by atoms with E-state index < -0.39 is 17.9 Å². The first kappa shape index (κ1) is 20.9. The van der Waals surface area contributed by atoms with E-state index in [0.29, 0.717) is 10.7 Å². The van der Waals surface area contributed by atoms with Crippen molar-refractivity contribution in [2.45, 2.75) is 18.9 Å². The van der Waals surface area contributed by atoms with Crippen molar-refractivity contribution in [2.24, 2.45) is 5.92 Å². The summed E-state index contributed by atoms with van der Waals surface area (Å²) in [6, 6.07) is 13.9. The molecular formula is C23H22ClN3O4. The molecule has 8 heteroatoms. The number of nitrogens with one attached hydrogen (secondary N) is 2. The highest BCUT2D eigenvalue weighted by atomic mass is 35.5. The van der Waals surface area contributed by atoms with Gasteiger partial charge in [-0.3, -0.25) is 9.59 Å². The SMILES string of the molecule is COC(=O)[C@@H](Cc1c[nH]c2ccccc12)NC(=O)[C@@H]1CC(=O)N(c2ccccc2Cl)C1. The zero-order valence-corrected chi connectivity index (χ0v) is 17.7. The van der Waals surface area contributed by atoms with Gasteiger partial charge in [0, 0.05) is 36.5 Å². The first-order valence-corrected chi connectivity index (χ1v) is 10.3. The summed E-state index contributed by atoms with van der Waals surface area (Å²) in [5, 5.41) is 4.21. The standard InChI is InChI=1S/C23H22ClN3O4/c1-31-23(30)19(10-14-12-25-18-8-4-2-6-16(14)18)26-22(29)15-11-21(28)27(13-15)20-9-5-3-7-17(20)24/h2-9,12,15,19,25H,10-11,13H2,1H3,(H,26,29)/t15-,19-/m1/s1. The van der Waals surface area contributed by atoms with Gasteiger partial charge in [0.25, 0.3) is 0 Å². The summed E-state index contributed by atoms with van der Waals surface area (Å²) in [5.41, 5.74) is 2.42. The predicted molar refractivity (Wildman–Crippen MR) is 118 cm³/mol. The second-order valence-corrected chi connectivity index (χ2v) is 7.91. The molecule has 2 aromatic carbocycles. The zero-order chi connectivity index (χ0) is 22.0. The third kappa shape index (κ3) is 4.27. The number of rotatable bonds is 6. The Kier molecular flexibility index (Phi) is 5.95. The number of benzene rings is 2. The molecule has 2 atom stereocenters. The number of hydrogen-bond acceptors (Lipinski definition) is 4. The Morgan fingerprint density at radius 2 is 1.97 bits per heavy atom. The lowest BCUT2D eigenvalue weighted by molar-refractivity contribution is -0.145. The lowest BCUT2D eigenvalue weighted by atomic mass is 10.0. The number of carbonyl (C=O) groups is 3. The average molecular weight is 440 g/mol. The number of amides is 2. The van der Waals surface area contributed by atoms with E-state index in [2.05, 4.69) is 10.3 Å². The maximum absolute atomic E-state index is 12.9. The maximum atomic E-state index is 12.9. The van der Waals surface area contributed by atoms with Crippen LogP contribution < -0.4 is 10.2 Å². The van der Waals surface area contributed by atoms with Gasteiger partial charge in [0.15, 0.2) is 0 Å². The number of fused-ring (bicyclic) bond motifs is 1. The molecule has 160 valence electrons. The largest absolute Gasteiger partial charge is 0.467 e. The molecule has 2 amide bonds. The molecule has 0 unspecified atom stereocenters. The minimum Gasteiger partial charge on any atom is -0.467 e. The van der Waals surface area contributed by atoms with Gasteiger partial charge in [0.05, 0.1) is 23.7 Å². The molecule has 2 heterocycles. The van der Waals surface area contributed by atoms with Gasteiger partial charge in [-0.2, -0.15) is 0 Å². The summed E-state index contributed by atoms with van der Waals surface area (Å²) < 4.78 is 4.91. The van der Waals surface area contributed by atoms with Crippen molar-refractivity contribution >= 4 is 46.0 Å². The molecule has 31 heavy (non-hydrogen) atoms. The third-order valence-electron chi connectivity index (χ3n) is 5.54. The van der Waals surface area contributed by atoms with Crippen LogP contribution in [0.1, 0.15) is 12.0 Å². The van der Waals surface area contributed by atoms with Gasteiger partial charge in [-0.05, 0) is 23.8 Å². The van der Waals surface area contributed by atoms with Crippen LogP contribution in [0.25, 0.3) is 10.9 Å². The Labute approximate surface area is 184 Å². The summed E-state index contributed by atoms with van der Waals surface area (Å²) in [6.45, 7) is 0.204. The van der Waals surface area contributed by atoms with Crippen molar-refractivity contribution in [1.29, 1.82) is 0 Å². The number of H-pyrrole nitrogens is 1. The van der Waals surface area contributed by atoms with E-state index in [0.717, 1.165) is 16.5 Å². The Morgan fingerprint density at radius 1 is 1.23 bits per heavy atom. The second-order valence-electron chi connectivity index (χ2n) is 7.50. The van der Waals surface area contributed by atoms with Gasteiger partial charge in [-0.15, -0.1) is 0 Å². The summed E-state index contributed by atoms with van der Waals surface area (Å²) in [5.74, 6) is -1.66. The molecule has 7 nitrogen and oxygen atoms in total. The second kappa shape index (κ2) is 8.81. The Balaban J connectivity index is 1.49. The van der Waals surface area contributed by atoms with E-state index in [4.69, 9.17) is 16.3 Å². The Morgan fingerprint density at radius 3 is 2.74 bits per heavy atom. The van der Waals surface area contributed by atoms with E-state index >= 15 is 0 Å². The summed E-state index contributed by atoms with van der Waals surface area (Å²) in [6.07, 6.45) is 2.15. The van der Waals surface area contributed by atoms with Gasteiger partial charge in [-0.25, -0.2) is 4.79 Å². The van der Waals surface area contributed by atoms with E-state index in [1.807, 2.05) is 30.5 Å². The number of para-hydroxylation sites is 2. The zero-order valence-electron chi connectivity index (χ0n) is 16.9.